The first-order valence-corrected chi connectivity index (χ1v) is 5.79. The maximum Gasteiger partial charge on any atom is 0.251 e. The molecule has 1 aliphatic heterocycles. The Hall–Kier alpha value is -2.18. The minimum atomic E-state index is -0.970. The molecule has 1 saturated heterocycles. The zero-order valence-corrected chi connectivity index (χ0v) is 10.0. The normalized spacial score (nSPS) is 18.8. The van der Waals surface area contributed by atoms with Gasteiger partial charge in [0.15, 0.2) is 0 Å². The van der Waals surface area contributed by atoms with Crippen LogP contribution in [0.3, 0.4) is 0 Å². The van der Waals surface area contributed by atoms with Crippen molar-refractivity contribution in [1.82, 2.24) is 10.6 Å². The van der Waals surface area contributed by atoms with Gasteiger partial charge >= 0.3 is 0 Å². The van der Waals surface area contributed by atoms with Gasteiger partial charge in [0.05, 0.1) is 0 Å². The Labute approximate surface area is 108 Å². The minimum Gasteiger partial charge on any atom is -0.394 e. The first-order chi connectivity index (χ1) is 8.97. The third kappa shape index (κ3) is 2.98. The molecule has 0 spiro atoms. The predicted octanol–water partition coefficient (Wildman–Crippen LogP) is 0.555. The number of carbonyl (C=O) groups is 2. The summed E-state index contributed by atoms with van der Waals surface area (Å²) < 4.78 is 26.5. The molecule has 2 amide bonds. The smallest absolute Gasteiger partial charge is 0.251 e. The summed E-state index contributed by atoms with van der Waals surface area (Å²) in [4.78, 5) is 22.8. The van der Waals surface area contributed by atoms with Crippen molar-refractivity contribution in [1.29, 1.82) is 0 Å². The molecule has 1 aliphatic rings. The first-order valence-electron chi connectivity index (χ1n) is 5.79. The van der Waals surface area contributed by atoms with Crippen LogP contribution >= 0.6 is 0 Å². The van der Waals surface area contributed by atoms with Gasteiger partial charge in [-0.3, -0.25) is 9.59 Å². The number of carbonyl (C=O) groups excluding carboxylic acids is 2. The second-order valence-corrected chi connectivity index (χ2v) is 4.37. The Balaban J connectivity index is 2.06. The quantitative estimate of drug-likeness (QED) is 0.686. The third-order valence-electron chi connectivity index (χ3n) is 2.94. The molecule has 0 saturated carbocycles. The van der Waals surface area contributed by atoms with Gasteiger partial charge in [0, 0.05) is 24.6 Å². The van der Waals surface area contributed by atoms with Gasteiger partial charge in [0.2, 0.25) is 5.91 Å². The number of hydrogen-bond acceptors (Lipinski definition) is 3. The summed E-state index contributed by atoms with van der Waals surface area (Å²) in [5, 5.41) is 5.20. The lowest BCUT2D eigenvalue weighted by atomic mass is 10.1. The fraction of sp³-hybridized carbons (Fsp3) is 0.333. The number of nitrogen functional groups attached to an aromatic ring is 1. The number of benzene rings is 1. The number of halogens is 2. The van der Waals surface area contributed by atoms with Crippen LogP contribution in [0.1, 0.15) is 23.2 Å². The SMILES string of the molecule is Nc1c(F)cc(C(=O)NC2CCC(=O)NC2)cc1F. The molecule has 2 rings (SSSR count). The molecule has 5 nitrogen and oxygen atoms in total. The molecule has 0 radical (unpaired) electrons. The van der Waals surface area contributed by atoms with Crippen LogP contribution in [-0.2, 0) is 4.79 Å². The molecule has 0 aromatic heterocycles. The monoisotopic (exact) mass is 269 g/mol. The summed E-state index contributed by atoms with van der Waals surface area (Å²) in [6.07, 6.45) is 0.812. The van der Waals surface area contributed by atoms with Crippen LogP contribution in [0.15, 0.2) is 12.1 Å². The van der Waals surface area contributed by atoms with E-state index >= 15 is 0 Å². The van der Waals surface area contributed by atoms with Crippen molar-refractivity contribution in [2.45, 2.75) is 18.9 Å². The second kappa shape index (κ2) is 5.21. The van der Waals surface area contributed by atoms with Gasteiger partial charge in [0.25, 0.3) is 5.91 Å². The summed E-state index contributed by atoms with van der Waals surface area (Å²) in [5.74, 6) is -2.61. The number of piperidine rings is 1. The minimum absolute atomic E-state index is 0.0740. The average Bonchev–Trinajstić information content (AvgIpc) is 2.38. The van der Waals surface area contributed by atoms with Gasteiger partial charge in [-0.05, 0) is 18.6 Å². The van der Waals surface area contributed by atoms with Crippen molar-refractivity contribution in [3.63, 3.8) is 0 Å². The summed E-state index contributed by atoms with van der Waals surface area (Å²) in [5.41, 5.74) is 4.37. The Morgan fingerprint density at radius 1 is 1.37 bits per heavy atom. The van der Waals surface area contributed by atoms with Crippen molar-refractivity contribution >= 4 is 17.5 Å². The van der Waals surface area contributed by atoms with Crippen molar-refractivity contribution in [2.75, 3.05) is 12.3 Å². The van der Waals surface area contributed by atoms with E-state index < -0.39 is 23.2 Å². The molecule has 1 atom stereocenters. The summed E-state index contributed by atoms with van der Waals surface area (Å²) >= 11 is 0. The maximum absolute atomic E-state index is 13.2. The zero-order chi connectivity index (χ0) is 14.0. The Kier molecular flexibility index (Phi) is 3.64. The van der Waals surface area contributed by atoms with Crippen LogP contribution < -0.4 is 16.4 Å². The third-order valence-corrected chi connectivity index (χ3v) is 2.94. The van der Waals surface area contributed by atoms with E-state index in [1.54, 1.807) is 0 Å². The van der Waals surface area contributed by atoms with Crippen LogP contribution in [0.4, 0.5) is 14.5 Å². The van der Waals surface area contributed by atoms with Crippen LogP contribution in [0.25, 0.3) is 0 Å². The van der Waals surface area contributed by atoms with E-state index in [-0.39, 0.29) is 17.5 Å². The van der Waals surface area contributed by atoms with Gasteiger partial charge in [0.1, 0.15) is 17.3 Å². The second-order valence-electron chi connectivity index (χ2n) is 4.37. The highest BCUT2D eigenvalue weighted by Crippen LogP contribution is 2.17. The number of hydrogen-bond donors (Lipinski definition) is 3. The van der Waals surface area contributed by atoms with Crippen molar-refractivity contribution < 1.29 is 18.4 Å². The summed E-state index contributed by atoms with van der Waals surface area (Å²) in [6, 6.07) is 1.53. The van der Waals surface area contributed by atoms with Crippen molar-refractivity contribution in [3.8, 4) is 0 Å². The number of nitrogens with one attached hydrogen (secondary N) is 2. The molecule has 1 fully saturated rings. The highest BCUT2D eigenvalue weighted by atomic mass is 19.1. The Morgan fingerprint density at radius 3 is 2.53 bits per heavy atom. The van der Waals surface area contributed by atoms with Gasteiger partial charge in [-0.25, -0.2) is 8.78 Å². The maximum atomic E-state index is 13.2. The predicted molar refractivity (Wildman–Crippen MR) is 64.3 cm³/mol. The molecule has 7 heteroatoms. The molecule has 4 N–H and O–H groups in total. The van der Waals surface area contributed by atoms with E-state index in [9.17, 15) is 18.4 Å². The molecule has 1 aromatic carbocycles. The number of rotatable bonds is 2. The van der Waals surface area contributed by atoms with Crippen LogP contribution in [0.5, 0.6) is 0 Å². The fourth-order valence-electron chi connectivity index (χ4n) is 1.84. The molecule has 1 heterocycles. The van der Waals surface area contributed by atoms with Gasteiger partial charge in [-0.15, -0.1) is 0 Å². The Bertz CT molecular complexity index is 501. The lowest BCUT2D eigenvalue weighted by Crippen LogP contribution is -2.47. The van der Waals surface area contributed by atoms with E-state index in [4.69, 9.17) is 5.73 Å². The molecule has 1 aromatic rings. The molecular formula is C12H13F2N3O2. The molecule has 1 unspecified atom stereocenters. The average molecular weight is 269 g/mol. The van der Waals surface area contributed by atoms with Crippen molar-refractivity contribution in [3.05, 3.63) is 29.3 Å². The number of nitrogens with two attached hydrogens (primary N) is 1. The van der Waals surface area contributed by atoms with Crippen LogP contribution in [0, 0.1) is 11.6 Å². The van der Waals surface area contributed by atoms with E-state index in [1.807, 2.05) is 0 Å². The standard InChI is InChI=1S/C12H13F2N3O2/c13-8-3-6(4-9(14)11(8)15)12(19)17-7-1-2-10(18)16-5-7/h3-4,7H,1-2,5,15H2,(H,16,18)(H,17,19). The first kappa shape index (κ1) is 13.3. The lowest BCUT2D eigenvalue weighted by Gasteiger charge is -2.23. The highest BCUT2D eigenvalue weighted by molar-refractivity contribution is 5.95. The lowest BCUT2D eigenvalue weighted by molar-refractivity contribution is -0.122. The van der Waals surface area contributed by atoms with Crippen molar-refractivity contribution in [2.24, 2.45) is 0 Å². The van der Waals surface area contributed by atoms with E-state index in [0.717, 1.165) is 12.1 Å². The Morgan fingerprint density at radius 2 is 2.00 bits per heavy atom. The van der Waals surface area contributed by atoms with Gasteiger partial charge in [-0.2, -0.15) is 0 Å². The zero-order valence-electron chi connectivity index (χ0n) is 10.0. The summed E-state index contributed by atoms with van der Waals surface area (Å²) in [6.45, 7) is 0.310. The number of amides is 2. The number of anilines is 1. The summed E-state index contributed by atoms with van der Waals surface area (Å²) in [7, 11) is 0. The topological polar surface area (TPSA) is 84.2 Å². The van der Waals surface area contributed by atoms with Crippen LogP contribution in [-0.4, -0.2) is 24.4 Å². The van der Waals surface area contributed by atoms with Gasteiger partial charge < -0.3 is 16.4 Å². The molecular weight excluding hydrogens is 256 g/mol. The fourth-order valence-corrected chi connectivity index (χ4v) is 1.84. The molecule has 0 aliphatic carbocycles. The largest absolute Gasteiger partial charge is 0.394 e. The van der Waals surface area contributed by atoms with Gasteiger partial charge in [-0.1, -0.05) is 0 Å². The molecule has 19 heavy (non-hydrogen) atoms. The van der Waals surface area contributed by atoms with E-state index in [1.165, 1.54) is 0 Å². The molecule has 102 valence electrons. The van der Waals surface area contributed by atoms with E-state index in [0.29, 0.717) is 19.4 Å². The van der Waals surface area contributed by atoms with Crippen LogP contribution in [0.2, 0.25) is 0 Å². The van der Waals surface area contributed by atoms with E-state index in [2.05, 4.69) is 10.6 Å². The highest BCUT2D eigenvalue weighted by Gasteiger charge is 2.21. The molecule has 0 bridgehead atoms.